The van der Waals surface area contributed by atoms with Gasteiger partial charge in [-0.3, -0.25) is 0 Å². The zero-order chi connectivity index (χ0) is 10.3. The summed E-state index contributed by atoms with van der Waals surface area (Å²) in [4.78, 5) is 0. The number of rotatable bonds is 2. The van der Waals surface area contributed by atoms with Crippen molar-refractivity contribution < 1.29 is 0 Å². The van der Waals surface area contributed by atoms with Crippen LogP contribution < -0.4 is 11.1 Å². The minimum atomic E-state index is 0.365. The standard InChI is InChI=1S/C13H18N2/c14-12-9-6-7-10(8-9)13(12)15-11-4-2-1-3-5-11/h1-5,9-10,12-13,15H,6-8,14H2. The maximum absolute atomic E-state index is 6.25. The van der Waals surface area contributed by atoms with E-state index in [1.165, 1.54) is 24.9 Å². The van der Waals surface area contributed by atoms with Gasteiger partial charge in [0, 0.05) is 17.8 Å². The molecule has 1 aromatic carbocycles. The summed E-state index contributed by atoms with van der Waals surface area (Å²) in [5, 5.41) is 3.60. The topological polar surface area (TPSA) is 38.0 Å². The highest BCUT2D eigenvalue weighted by atomic mass is 15.0. The highest BCUT2D eigenvalue weighted by molar-refractivity contribution is 5.44. The Morgan fingerprint density at radius 1 is 1.07 bits per heavy atom. The van der Waals surface area contributed by atoms with E-state index in [0.717, 1.165) is 11.8 Å². The van der Waals surface area contributed by atoms with Crippen LogP contribution in [0.2, 0.25) is 0 Å². The van der Waals surface area contributed by atoms with Crippen LogP contribution in [0.25, 0.3) is 0 Å². The molecule has 0 radical (unpaired) electrons. The zero-order valence-corrected chi connectivity index (χ0v) is 8.89. The normalized spacial score (nSPS) is 38.2. The lowest BCUT2D eigenvalue weighted by Crippen LogP contribution is -2.44. The van der Waals surface area contributed by atoms with E-state index in [1.807, 2.05) is 6.07 Å². The molecule has 0 spiro atoms. The van der Waals surface area contributed by atoms with Crippen molar-refractivity contribution in [3.63, 3.8) is 0 Å². The molecule has 1 aromatic rings. The minimum Gasteiger partial charge on any atom is -0.380 e. The lowest BCUT2D eigenvalue weighted by Gasteiger charge is -2.29. The van der Waals surface area contributed by atoms with Crippen LogP contribution >= 0.6 is 0 Å². The molecule has 0 heterocycles. The molecular formula is C13H18N2. The van der Waals surface area contributed by atoms with Gasteiger partial charge >= 0.3 is 0 Å². The Morgan fingerprint density at radius 2 is 1.80 bits per heavy atom. The molecule has 15 heavy (non-hydrogen) atoms. The Bertz CT molecular complexity index is 334. The summed E-state index contributed by atoms with van der Waals surface area (Å²) < 4.78 is 0. The van der Waals surface area contributed by atoms with Crippen LogP contribution in [0.4, 0.5) is 5.69 Å². The Balaban J connectivity index is 1.74. The highest BCUT2D eigenvalue weighted by Gasteiger charge is 2.45. The quantitative estimate of drug-likeness (QED) is 0.771. The van der Waals surface area contributed by atoms with Crippen molar-refractivity contribution in [1.29, 1.82) is 0 Å². The SMILES string of the molecule is NC1C2CCC(C2)C1Nc1ccccc1. The molecule has 2 fully saturated rings. The van der Waals surface area contributed by atoms with Crippen molar-refractivity contribution in [2.24, 2.45) is 17.6 Å². The maximum atomic E-state index is 6.25. The third-order valence-corrected chi connectivity index (χ3v) is 4.09. The summed E-state index contributed by atoms with van der Waals surface area (Å²) in [6.07, 6.45) is 4.05. The molecule has 0 saturated heterocycles. The second kappa shape index (κ2) is 3.53. The largest absolute Gasteiger partial charge is 0.380 e. The molecule has 3 rings (SSSR count). The van der Waals surface area contributed by atoms with Gasteiger partial charge in [-0.15, -0.1) is 0 Å². The second-order valence-electron chi connectivity index (χ2n) is 4.95. The molecule has 0 aliphatic heterocycles. The average molecular weight is 202 g/mol. The van der Waals surface area contributed by atoms with E-state index in [-0.39, 0.29) is 0 Å². The summed E-state index contributed by atoms with van der Waals surface area (Å²) in [5.74, 6) is 1.58. The third kappa shape index (κ3) is 1.53. The zero-order valence-electron chi connectivity index (χ0n) is 8.89. The van der Waals surface area contributed by atoms with Gasteiger partial charge in [-0.1, -0.05) is 18.2 Å². The van der Waals surface area contributed by atoms with E-state index < -0.39 is 0 Å². The van der Waals surface area contributed by atoms with Crippen LogP contribution in [0.15, 0.2) is 30.3 Å². The summed E-state index contributed by atoms with van der Waals surface area (Å²) in [6.45, 7) is 0. The monoisotopic (exact) mass is 202 g/mol. The first kappa shape index (κ1) is 9.22. The third-order valence-electron chi connectivity index (χ3n) is 4.09. The fraction of sp³-hybridized carbons (Fsp3) is 0.538. The Labute approximate surface area is 90.9 Å². The average Bonchev–Trinajstić information content (AvgIpc) is 2.84. The Morgan fingerprint density at radius 3 is 2.47 bits per heavy atom. The van der Waals surface area contributed by atoms with Crippen LogP contribution in [0.3, 0.4) is 0 Å². The van der Waals surface area contributed by atoms with Gasteiger partial charge in [0.2, 0.25) is 0 Å². The number of hydrogen-bond acceptors (Lipinski definition) is 2. The lowest BCUT2D eigenvalue weighted by atomic mass is 9.91. The van der Waals surface area contributed by atoms with Gasteiger partial charge in [0.05, 0.1) is 0 Å². The van der Waals surface area contributed by atoms with E-state index in [9.17, 15) is 0 Å². The first-order valence-electron chi connectivity index (χ1n) is 5.92. The predicted molar refractivity (Wildman–Crippen MR) is 62.7 cm³/mol. The molecule has 80 valence electrons. The summed E-state index contributed by atoms with van der Waals surface area (Å²) in [6, 6.07) is 11.3. The van der Waals surface area contributed by atoms with E-state index in [1.54, 1.807) is 0 Å². The van der Waals surface area contributed by atoms with Gasteiger partial charge in [-0.2, -0.15) is 0 Å². The number of anilines is 1. The molecule has 4 atom stereocenters. The van der Waals surface area contributed by atoms with Gasteiger partial charge in [0.1, 0.15) is 0 Å². The predicted octanol–water partition coefficient (Wildman–Crippen LogP) is 2.22. The summed E-state index contributed by atoms with van der Waals surface area (Å²) in [7, 11) is 0. The maximum Gasteiger partial charge on any atom is 0.0443 e. The van der Waals surface area contributed by atoms with Crippen LogP contribution in [-0.2, 0) is 0 Å². The molecule has 2 bridgehead atoms. The molecule has 2 aliphatic carbocycles. The van der Waals surface area contributed by atoms with Crippen molar-refractivity contribution in [2.75, 3.05) is 5.32 Å². The van der Waals surface area contributed by atoms with E-state index in [4.69, 9.17) is 5.73 Å². The van der Waals surface area contributed by atoms with Crippen LogP contribution in [0.5, 0.6) is 0 Å². The Hall–Kier alpha value is -1.02. The van der Waals surface area contributed by atoms with Crippen molar-refractivity contribution in [2.45, 2.75) is 31.3 Å². The number of fused-ring (bicyclic) bond motifs is 2. The van der Waals surface area contributed by atoms with E-state index in [0.29, 0.717) is 12.1 Å². The molecular weight excluding hydrogens is 184 g/mol. The van der Waals surface area contributed by atoms with Crippen LogP contribution in [0.1, 0.15) is 19.3 Å². The van der Waals surface area contributed by atoms with E-state index in [2.05, 4.69) is 29.6 Å². The minimum absolute atomic E-state index is 0.365. The summed E-state index contributed by atoms with van der Waals surface area (Å²) in [5.41, 5.74) is 7.46. The summed E-state index contributed by atoms with van der Waals surface area (Å²) >= 11 is 0. The van der Waals surface area contributed by atoms with Gasteiger partial charge in [-0.25, -0.2) is 0 Å². The number of nitrogens with two attached hydrogens (primary N) is 1. The molecule has 0 aromatic heterocycles. The second-order valence-corrected chi connectivity index (χ2v) is 4.95. The Kier molecular flexibility index (Phi) is 2.17. The first-order chi connectivity index (χ1) is 7.34. The van der Waals surface area contributed by atoms with E-state index >= 15 is 0 Å². The molecule has 2 heteroatoms. The van der Waals surface area contributed by atoms with Crippen LogP contribution in [-0.4, -0.2) is 12.1 Å². The van der Waals surface area contributed by atoms with Crippen molar-refractivity contribution in [1.82, 2.24) is 0 Å². The molecule has 0 amide bonds. The van der Waals surface area contributed by atoms with Crippen molar-refractivity contribution in [3.05, 3.63) is 30.3 Å². The number of nitrogens with one attached hydrogen (secondary N) is 1. The molecule has 2 nitrogen and oxygen atoms in total. The molecule has 2 aliphatic rings. The molecule has 2 saturated carbocycles. The fourth-order valence-corrected chi connectivity index (χ4v) is 3.28. The molecule has 4 unspecified atom stereocenters. The van der Waals surface area contributed by atoms with Crippen molar-refractivity contribution in [3.8, 4) is 0 Å². The number of para-hydroxylation sites is 1. The van der Waals surface area contributed by atoms with Crippen LogP contribution in [0, 0.1) is 11.8 Å². The number of hydrogen-bond donors (Lipinski definition) is 2. The van der Waals surface area contributed by atoms with Gasteiger partial charge in [0.15, 0.2) is 0 Å². The number of benzene rings is 1. The lowest BCUT2D eigenvalue weighted by molar-refractivity contribution is 0.384. The first-order valence-corrected chi connectivity index (χ1v) is 5.92. The van der Waals surface area contributed by atoms with Gasteiger partial charge in [0.25, 0.3) is 0 Å². The van der Waals surface area contributed by atoms with Crippen molar-refractivity contribution >= 4 is 5.69 Å². The highest BCUT2D eigenvalue weighted by Crippen LogP contribution is 2.44. The fourth-order valence-electron chi connectivity index (χ4n) is 3.28. The van der Waals surface area contributed by atoms with Gasteiger partial charge in [-0.05, 0) is 43.2 Å². The smallest absolute Gasteiger partial charge is 0.0443 e. The van der Waals surface area contributed by atoms with Gasteiger partial charge < -0.3 is 11.1 Å². The molecule has 3 N–H and O–H groups in total.